The summed E-state index contributed by atoms with van der Waals surface area (Å²) in [7, 11) is 4.07. The highest BCUT2D eigenvalue weighted by Gasteiger charge is 2.29. The van der Waals surface area contributed by atoms with Gasteiger partial charge in [-0.25, -0.2) is 13.2 Å². The molecule has 3 aromatic rings. The summed E-state index contributed by atoms with van der Waals surface area (Å²) < 4.78 is 41.1. The van der Waals surface area contributed by atoms with Crippen molar-refractivity contribution in [1.82, 2.24) is 10.2 Å². The molecule has 0 bridgehead atoms. The van der Waals surface area contributed by atoms with Gasteiger partial charge in [-0.2, -0.15) is 0 Å². The van der Waals surface area contributed by atoms with Crippen molar-refractivity contribution in [1.29, 1.82) is 0 Å². The van der Waals surface area contributed by atoms with Crippen LogP contribution in [-0.2, 0) is 11.2 Å². The molecule has 1 fully saturated rings. The molecule has 0 aromatic heterocycles. The van der Waals surface area contributed by atoms with Crippen molar-refractivity contribution in [2.45, 2.75) is 38.6 Å². The van der Waals surface area contributed by atoms with E-state index in [2.05, 4.69) is 10.2 Å². The second-order valence-corrected chi connectivity index (χ2v) is 10.5. The highest BCUT2D eigenvalue weighted by atomic mass is 19.2. The summed E-state index contributed by atoms with van der Waals surface area (Å²) in [5.41, 5.74) is 3.92. The number of hydrogen-bond donors (Lipinski definition) is 1. The van der Waals surface area contributed by atoms with Crippen LogP contribution in [0.1, 0.15) is 51.9 Å². The van der Waals surface area contributed by atoms with Gasteiger partial charge in [0.05, 0.1) is 0 Å². The smallest absolute Gasteiger partial charge is 0.251 e. The normalized spacial score (nSPS) is 17.6. The SMILES string of the molecule is Cc1cc(/C=C2\CC(NC(=O)c3ccc(CCCN(C)C)cc3)C/C(=C\c3ccc(F)c(F)c3)C2=O)ccc1F. The number of carbonyl (C=O) groups excluding carboxylic acids is 2. The van der Waals surface area contributed by atoms with Gasteiger partial charge in [0.1, 0.15) is 5.82 Å². The number of halogens is 3. The lowest BCUT2D eigenvalue weighted by atomic mass is 9.83. The Kier molecular flexibility index (Phi) is 9.38. The maximum Gasteiger partial charge on any atom is 0.251 e. The van der Waals surface area contributed by atoms with Crippen LogP contribution in [0.15, 0.2) is 71.8 Å². The molecule has 0 saturated heterocycles. The summed E-state index contributed by atoms with van der Waals surface area (Å²) in [5.74, 6) is -2.84. The van der Waals surface area contributed by atoms with Crippen LogP contribution in [0.2, 0.25) is 0 Å². The van der Waals surface area contributed by atoms with Crippen molar-refractivity contribution >= 4 is 23.8 Å². The Balaban J connectivity index is 1.57. The third kappa shape index (κ3) is 7.57. The van der Waals surface area contributed by atoms with Crippen LogP contribution in [-0.4, -0.2) is 43.3 Å². The largest absolute Gasteiger partial charge is 0.349 e. The molecule has 1 aliphatic carbocycles. The number of ketones is 1. The van der Waals surface area contributed by atoms with E-state index in [-0.39, 0.29) is 30.3 Å². The molecule has 1 amide bonds. The van der Waals surface area contributed by atoms with Crippen LogP contribution in [0.3, 0.4) is 0 Å². The molecule has 4 nitrogen and oxygen atoms in total. The topological polar surface area (TPSA) is 49.4 Å². The molecule has 0 aliphatic heterocycles. The molecule has 1 N–H and O–H groups in total. The fraction of sp³-hybridized carbons (Fsp3) is 0.273. The van der Waals surface area contributed by atoms with Crippen molar-refractivity contribution in [2.75, 3.05) is 20.6 Å². The van der Waals surface area contributed by atoms with E-state index >= 15 is 0 Å². The van der Waals surface area contributed by atoms with Crippen LogP contribution in [0.25, 0.3) is 12.2 Å². The first kappa shape index (κ1) is 29.0. The minimum absolute atomic E-state index is 0.228. The average Bonchev–Trinajstić information content (AvgIpc) is 2.91. The highest BCUT2D eigenvalue weighted by Crippen LogP contribution is 2.29. The number of nitrogens with zero attached hydrogens (tertiary/aromatic N) is 1. The van der Waals surface area contributed by atoms with Gasteiger partial charge in [-0.05, 0) is 124 Å². The second-order valence-electron chi connectivity index (χ2n) is 10.5. The van der Waals surface area contributed by atoms with Crippen molar-refractivity contribution < 1.29 is 22.8 Å². The van der Waals surface area contributed by atoms with Gasteiger partial charge in [-0.1, -0.05) is 24.3 Å². The maximum atomic E-state index is 13.8. The molecule has 0 heterocycles. The Labute approximate surface area is 233 Å². The average molecular weight is 547 g/mol. The van der Waals surface area contributed by atoms with E-state index in [9.17, 15) is 22.8 Å². The highest BCUT2D eigenvalue weighted by molar-refractivity contribution is 6.14. The zero-order valence-electron chi connectivity index (χ0n) is 22.9. The van der Waals surface area contributed by atoms with Gasteiger partial charge in [0.15, 0.2) is 17.4 Å². The van der Waals surface area contributed by atoms with E-state index in [0.29, 0.717) is 33.4 Å². The minimum Gasteiger partial charge on any atom is -0.349 e. The van der Waals surface area contributed by atoms with Gasteiger partial charge < -0.3 is 10.2 Å². The zero-order valence-corrected chi connectivity index (χ0v) is 22.9. The van der Waals surface area contributed by atoms with E-state index in [0.717, 1.165) is 37.1 Å². The Morgan fingerprint density at radius 1 is 0.875 bits per heavy atom. The fourth-order valence-corrected chi connectivity index (χ4v) is 4.80. The Bertz CT molecular complexity index is 1390. The molecule has 3 aromatic carbocycles. The second kappa shape index (κ2) is 12.9. The molecule has 1 saturated carbocycles. The number of rotatable bonds is 8. The third-order valence-corrected chi connectivity index (χ3v) is 6.95. The van der Waals surface area contributed by atoms with Crippen molar-refractivity contribution in [3.05, 3.63) is 117 Å². The van der Waals surface area contributed by atoms with E-state index in [4.69, 9.17) is 0 Å². The number of carbonyl (C=O) groups is 2. The summed E-state index contributed by atoms with van der Waals surface area (Å²) in [6.07, 6.45) is 5.65. The lowest BCUT2D eigenvalue weighted by Crippen LogP contribution is -2.39. The van der Waals surface area contributed by atoms with Crippen molar-refractivity contribution in [2.24, 2.45) is 0 Å². The van der Waals surface area contributed by atoms with E-state index in [1.165, 1.54) is 18.2 Å². The van der Waals surface area contributed by atoms with Crippen LogP contribution in [0, 0.1) is 24.4 Å². The molecule has 1 atom stereocenters. The van der Waals surface area contributed by atoms with Crippen LogP contribution >= 0.6 is 0 Å². The molecule has 1 unspecified atom stereocenters. The Hall–Kier alpha value is -3.97. The summed E-state index contributed by atoms with van der Waals surface area (Å²) >= 11 is 0. The first-order valence-corrected chi connectivity index (χ1v) is 13.3. The standard InChI is InChI=1S/C33H33F3N2O2/c1-21-15-23(8-12-29(21)34)16-26-19-28(20-27(32(26)39)17-24-9-13-30(35)31(36)18-24)37-33(40)25-10-6-22(7-11-25)5-4-14-38(2)3/h6-13,15-18,28H,4-5,14,19-20H2,1-3H3,(H,37,40)/b26-16+,27-17+. The molecule has 40 heavy (non-hydrogen) atoms. The van der Waals surface area contributed by atoms with Gasteiger partial charge >= 0.3 is 0 Å². The van der Waals surface area contributed by atoms with Gasteiger partial charge in [0, 0.05) is 22.8 Å². The van der Waals surface area contributed by atoms with Crippen LogP contribution in [0.5, 0.6) is 0 Å². The Morgan fingerprint density at radius 2 is 1.48 bits per heavy atom. The molecule has 1 aliphatic rings. The molecule has 4 rings (SSSR count). The third-order valence-electron chi connectivity index (χ3n) is 6.95. The number of amides is 1. The predicted octanol–water partition coefficient (Wildman–Crippen LogP) is 6.54. The van der Waals surface area contributed by atoms with Crippen LogP contribution < -0.4 is 5.32 Å². The monoisotopic (exact) mass is 546 g/mol. The molecular weight excluding hydrogens is 513 g/mol. The number of benzene rings is 3. The molecule has 208 valence electrons. The van der Waals surface area contributed by atoms with Crippen molar-refractivity contribution in [3.8, 4) is 0 Å². The summed E-state index contributed by atoms with van der Waals surface area (Å²) in [6.45, 7) is 2.63. The number of hydrogen-bond acceptors (Lipinski definition) is 3. The first-order chi connectivity index (χ1) is 19.1. The zero-order chi connectivity index (χ0) is 28.8. The van der Waals surface area contributed by atoms with E-state index in [1.807, 2.05) is 26.2 Å². The summed E-state index contributed by atoms with van der Waals surface area (Å²) in [4.78, 5) is 28.7. The molecule has 7 heteroatoms. The van der Waals surface area contributed by atoms with E-state index in [1.54, 1.807) is 37.3 Å². The van der Waals surface area contributed by atoms with Gasteiger partial charge in [0.25, 0.3) is 5.91 Å². The quantitative estimate of drug-likeness (QED) is 0.327. The number of nitrogens with one attached hydrogen (secondary N) is 1. The van der Waals surface area contributed by atoms with Gasteiger partial charge in [-0.3, -0.25) is 9.59 Å². The maximum absolute atomic E-state index is 13.8. The Morgan fingerprint density at radius 3 is 2.05 bits per heavy atom. The molecular formula is C33H33F3N2O2. The van der Waals surface area contributed by atoms with Gasteiger partial charge in [0.2, 0.25) is 0 Å². The summed E-state index contributed by atoms with van der Waals surface area (Å²) in [5, 5.41) is 3.03. The van der Waals surface area contributed by atoms with Crippen LogP contribution in [0.4, 0.5) is 13.2 Å². The number of Topliss-reactive ketones (excluding diaryl/α,β-unsaturated/α-hetero) is 1. The van der Waals surface area contributed by atoms with E-state index < -0.39 is 17.7 Å². The lowest BCUT2D eigenvalue weighted by molar-refractivity contribution is -0.113. The summed E-state index contributed by atoms with van der Waals surface area (Å²) in [6, 6.07) is 15.1. The molecule has 0 spiro atoms. The minimum atomic E-state index is -1.01. The fourth-order valence-electron chi connectivity index (χ4n) is 4.80. The number of aryl methyl sites for hydroxylation is 2. The van der Waals surface area contributed by atoms with Crippen molar-refractivity contribution in [3.63, 3.8) is 0 Å². The predicted molar refractivity (Wildman–Crippen MR) is 152 cm³/mol. The lowest BCUT2D eigenvalue weighted by Gasteiger charge is -2.27. The molecule has 0 radical (unpaired) electrons. The first-order valence-electron chi connectivity index (χ1n) is 13.3. The van der Waals surface area contributed by atoms with Gasteiger partial charge in [-0.15, -0.1) is 0 Å².